The van der Waals surface area contributed by atoms with E-state index in [0.29, 0.717) is 30.7 Å². The smallest absolute Gasteiger partial charge is 0.263 e. The molecule has 1 unspecified atom stereocenters. The Morgan fingerprint density at radius 1 is 1.56 bits per heavy atom. The molecule has 0 bridgehead atoms. The maximum Gasteiger partial charge on any atom is 0.263 e. The zero-order chi connectivity index (χ0) is 11.5. The molecule has 84 valence electrons. The molecule has 2 rings (SSSR count). The summed E-state index contributed by atoms with van der Waals surface area (Å²) < 4.78 is 5.49. The van der Waals surface area contributed by atoms with Crippen molar-refractivity contribution in [1.82, 2.24) is 9.88 Å². The van der Waals surface area contributed by atoms with Crippen LogP contribution in [0.1, 0.15) is 16.9 Å². The number of pyridine rings is 1. The molecule has 1 aliphatic heterocycles. The Morgan fingerprint density at radius 2 is 2.38 bits per heavy atom. The van der Waals surface area contributed by atoms with Gasteiger partial charge in [0, 0.05) is 20.0 Å². The summed E-state index contributed by atoms with van der Waals surface area (Å²) in [4.78, 5) is 27.5. The van der Waals surface area contributed by atoms with Crippen LogP contribution in [0.4, 0.5) is 0 Å². The fraction of sp³-hybridized carbons (Fsp3) is 0.364. The highest BCUT2D eigenvalue weighted by Gasteiger charge is 2.30. The zero-order valence-corrected chi connectivity index (χ0v) is 8.92. The summed E-state index contributed by atoms with van der Waals surface area (Å²) in [6.07, 6.45) is 2.38. The van der Waals surface area contributed by atoms with Crippen LogP contribution >= 0.6 is 0 Å². The molecule has 0 N–H and O–H groups in total. The van der Waals surface area contributed by atoms with Crippen molar-refractivity contribution in [2.75, 3.05) is 13.6 Å². The van der Waals surface area contributed by atoms with Gasteiger partial charge in [-0.15, -0.1) is 0 Å². The maximum absolute atomic E-state index is 11.6. The second-order valence-corrected chi connectivity index (χ2v) is 3.69. The SMILES string of the molecule is CN1CCC(Oc2ccc(C=O)nc2)C1=O. The Kier molecular flexibility index (Phi) is 2.85. The Labute approximate surface area is 93.0 Å². The average molecular weight is 220 g/mol. The van der Waals surface area contributed by atoms with Crippen LogP contribution in [0.2, 0.25) is 0 Å². The molecule has 5 nitrogen and oxygen atoms in total. The van der Waals surface area contributed by atoms with E-state index in [-0.39, 0.29) is 5.91 Å². The van der Waals surface area contributed by atoms with E-state index in [4.69, 9.17) is 4.74 Å². The number of likely N-dealkylation sites (N-methyl/N-ethyl adjacent to an activating group) is 1. The van der Waals surface area contributed by atoms with Gasteiger partial charge in [-0.05, 0) is 12.1 Å². The Balaban J connectivity index is 2.04. The fourth-order valence-corrected chi connectivity index (χ4v) is 1.60. The number of rotatable bonds is 3. The van der Waals surface area contributed by atoms with Gasteiger partial charge in [0.1, 0.15) is 11.4 Å². The molecule has 16 heavy (non-hydrogen) atoms. The summed E-state index contributed by atoms with van der Waals surface area (Å²) >= 11 is 0. The van der Waals surface area contributed by atoms with Gasteiger partial charge in [0.25, 0.3) is 5.91 Å². The van der Waals surface area contributed by atoms with Crippen LogP contribution in [0.15, 0.2) is 18.3 Å². The third-order valence-corrected chi connectivity index (χ3v) is 2.54. The molecule has 5 heteroatoms. The molecule has 1 aromatic heterocycles. The van der Waals surface area contributed by atoms with E-state index in [1.807, 2.05) is 0 Å². The van der Waals surface area contributed by atoms with E-state index in [1.165, 1.54) is 6.20 Å². The van der Waals surface area contributed by atoms with Gasteiger partial charge in [0.15, 0.2) is 12.4 Å². The quantitative estimate of drug-likeness (QED) is 0.696. The molecule has 0 saturated carbocycles. The summed E-state index contributed by atoms with van der Waals surface area (Å²) in [5.41, 5.74) is 0.349. The van der Waals surface area contributed by atoms with E-state index in [0.717, 1.165) is 0 Å². The van der Waals surface area contributed by atoms with Crippen LogP contribution in [0.25, 0.3) is 0 Å². The van der Waals surface area contributed by atoms with Gasteiger partial charge in [-0.25, -0.2) is 4.98 Å². The van der Waals surface area contributed by atoms with Crippen LogP contribution in [0, 0.1) is 0 Å². The zero-order valence-electron chi connectivity index (χ0n) is 8.92. The first-order valence-electron chi connectivity index (χ1n) is 5.03. The number of likely N-dealkylation sites (tertiary alicyclic amines) is 1. The molecule has 1 aromatic rings. The summed E-state index contributed by atoms with van der Waals surface area (Å²) in [5, 5.41) is 0. The molecular weight excluding hydrogens is 208 g/mol. The number of hydrogen-bond acceptors (Lipinski definition) is 4. The van der Waals surface area contributed by atoms with Gasteiger partial charge < -0.3 is 9.64 Å². The summed E-state index contributed by atoms with van der Waals surface area (Å²) in [5.74, 6) is 0.499. The van der Waals surface area contributed by atoms with Gasteiger partial charge in [0.2, 0.25) is 0 Å². The van der Waals surface area contributed by atoms with Gasteiger partial charge in [-0.3, -0.25) is 9.59 Å². The summed E-state index contributed by atoms with van der Waals surface area (Å²) in [6, 6.07) is 3.20. The van der Waals surface area contributed by atoms with E-state index in [9.17, 15) is 9.59 Å². The maximum atomic E-state index is 11.6. The highest BCUT2D eigenvalue weighted by atomic mass is 16.5. The van der Waals surface area contributed by atoms with Gasteiger partial charge >= 0.3 is 0 Å². The fourth-order valence-electron chi connectivity index (χ4n) is 1.60. The van der Waals surface area contributed by atoms with Crippen LogP contribution in [-0.4, -0.2) is 41.8 Å². The van der Waals surface area contributed by atoms with Crippen LogP contribution in [-0.2, 0) is 4.79 Å². The molecule has 1 atom stereocenters. The minimum atomic E-state index is -0.422. The topological polar surface area (TPSA) is 59.5 Å². The molecule has 0 spiro atoms. The van der Waals surface area contributed by atoms with Crippen LogP contribution in [0.5, 0.6) is 5.75 Å². The van der Waals surface area contributed by atoms with Crippen LogP contribution < -0.4 is 4.74 Å². The Morgan fingerprint density at radius 3 is 2.88 bits per heavy atom. The summed E-state index contributed by atoms with van der Waals surface area (Å²) in [7, 11) is 1.75. The first-order chi connectivity index (χ1) is 7.70. The number of hydrogen-bond donors (Lipinski definition) is 0. The van der Waals surface area contributed by atoms with E-state index >= 15 is 0 Å². The molecule has 1 fully saturated rings. The number of carbonyl (C=O) groups is 2. The largest absolute Gasteiger partial charge is 0.479 e. The van der Waals surface area contributed by atoms with Gasteiger partial charge in [-0.1, -0.05) is 0 Å². The lowest BCUT2D eigenvalue weighted by molar-refractivity contribution is -0.132. The highest BCUT2D eigenvalue weighted by molar-refractivity contribution is 5.83. The molecule has 0 aliphatic carbocycles. The van der Waals surface area contributed by atoms with Crippen molar-refractivity contribution in [2.24, 2.45) is 0 Å². The summed E-state index contributed by atoms with van der Waals surface area (Å²) in [6.45, 7) is 0.712. The Bertz CT molecular complexity index is 402. The van der Waals surface area contributed by atoms with Gasteiger partial charge in [0.05, 0.1) is 6.20 Å². The normalized spacial score (nSPS) is 19.9. The van der Waals surface area contributed by atoms with Crippen molar-refractivity contribution in [1.29, 1.82) is 0 Å². The van der Waals surface area contributed by atoms with Crippen molar-refractivity contribution in [3.63, 3.8) is 0 Å². The predicted molar refractivity (Wildman–Crippen MR) is 56.3 cm³/mol. The standard InChI is InChI=1S/C11H12N2O3/c1-13-5-4-10(11(13)15)16-9-3-2-8(7-14)12-6-9/h2-3,6-7,10H,4-5H2,1H3. The lowest BCUT2D eigenvalue weighted by Gasteiger charge is -2.12. The molecule has 2 heterocycles. The minimum absolute atomic E-state index is 0.0144. The second-order valence-electron chi connectivity index (χ2n) is 3.69. The monoisotopic (exact) mass is 220 g/mol. The van der Waals surface area contributed by atoms with E-state index in [2.05, 4.69) is 4.98 Å². The first-order valence-corrected chi connectivity index (χ1v) is 5.03. The number of nitrogens with zero attached hydrogens (tertiary/aromatic N) is 2. The first kappa shape index (κ1) is 10.6. The van der Waals surface area contributed by atoms with E-state index < -0.39 is 6.10 Å². The molecule has 1 aliphatic rings. The van der Waals surface area contributed by atoms with Crippen molar-refractivity contribution < 1.29 is 14.3 Å². The highest BCUT2D eigenvalue weighted by Crippen LogP contribution is 2.17. The molecule has 1 saturated heterocycles. The third kappa shape index (κ3) is 2.03. The molecule has 0 radical (unpaired) electrons. The number of aldehydes is 1. The molecular formula is C11H12N2O3. The second kappa shape index (κ2) is 4.30. The molecule has 0 aromatic carbocycles. The van der Waals surface area contributed by atoms with Crippen molar-refractivity contribution >= 4 is 12.2 Å². The number of carbonyl (C=O) groups excluding carboxylic acids is 2. The van der Waals surface area contributed by atoms with Crippen molar-refractivity contribution in [2.45, 2.75) is 12.5 Å². The van der Waals surface area contributed by atoms with Crippen LogP contribution in [0.3, 0.4) is 0 Å². The minimum Gasteiger partial charge on any atom is -0.479 e. The van der Waals surface area contributed by atoms with Crippen molar-refractivity contribution in [3.8, 4) is 5.75 Å². The number of aromatic nitrogens is 1. The van der Waals surface area contributed by atoms with Gasteiger partial charge in [-0.2, -0.15) is 0 Å². The lowest BCUT2D eigenvalue weighted by atomic mass is 10.3. The lowest BCUT2D eigenvalue weighted by Crippen LogP contribution is -2.29. The molecule has 1 amide bonds. The average Bonchev–Trinajstić information content (AvgIpc) is 2.62. The van der Waals surface area contributed by atoms with Crippen molar-refractivity contribution in [3.05, 3.63) is 24.0 Å². The van der Waals surface area contributed by atoms with E-state index in [1.54, 1.807) is 24.1 Å². The predicted octanol–water partition coefficient (Wildman–Crippen LogP) is 0.504. The number of amides is 1. The Hall–Kier alpha value is -1.91. The third-order valence-electron chi connectivity index (χ3n) is 2.54. The number of ether oxygens (including phenoxy) is 1.